The van der Waals surface area contributed by atoms with Gasteiger partial charge in [-0.05, 0) is 43.4 Å². The molecule has 0 saturated carbocycles. The highest BCUT2D eigenvalue weighted by molar-refractivity contribution is 7.47. The smallest absolute Gasteiger partial charge is 0.462 e. The van der Waals surface area contributed by atoms with Crippen molar-refractivity contribution in [2.45, 2.75) is 369 Å². The van der Waals surface area contributed by atoms with Crippen molar-refractivity contribution in [1.29, 1.82) is 0 Å². The van der Waals surface area contributed by atoms with Gasteiger partial charge in [0.15, 0.2) is 12.2 Å². The van der Waals surface area contributed by atoms with Gasteiger partial charge in [0.05, 0.1) is 26.4 Å². The molecule has 17 nitrogen and oxygen atoms in total. The maximum absolute atomic E-state index is 13.0. The number of ether oxygens (including phenoxy) is 4. The van der Waals surface area contributed by atoms with E-state index in [1.165, 1.54) is 154 Å². The van der Waals surface area contributed by atoms with Crippen molar-refractivity contribution in [3.8, 4) is 0 Å². The number of carbonyl (C=O) groups excluding carboxylic acids is 4. The van der Waals surface area contributed by atoms with E-state index in [0.29, 0.717) is 25.7 Å². The maximum atomic E-state index is 13.0. The molecular formula is C70H136O17P2. The van der Waals surface area contributed by atoms with Gasteiger partial charge in [-0.2, -0.15) is 0 Å². The molecule has 19 heteroatoms. The molecule has 0 heterocycles. The van der Waals surface area contributed by atoms with Gasteiger partial charge in [-0.15, -0.1) is 0 Å². The molecule has 0 aliphatic rings. The van der Waals surface area contributed by atoms with Crippen molar-refractivity contribution >= 4 is 39.5 Å². The first-order valence-electron chi connectivity index (χ1n) is 36.4. The first-order chi connectivity index (χ1) is 42.8. The Morgan fingerprint density at radius 3 is 0.854 bits per heavy atom. The predicted octanol–water partition coefficient (Wildman–Crippen LogP) is 19.8. The van der Waals surface area contributed by atoms with Crippen LogP contribution >= 0.6 is 15.6 Å². The number of hydrogen-bond acceptors (Lipinski definition) is 15. The third-order valence-corrected chi connectivity index (χ3v) is 18.4. The van der Waals surface area contributed by atoms with E-state index in [2.05, 4.69) is 48.5 Å². The van der Waals surface area contributed by atoms with Crippen molar-refractivity contribution in [2.24, 2.45) is 17.8 Å². The Kier molecular flexibility index (Phi) is 59.6. The van der Waals surface area contributed by atoms with Gasteiger partial charge in [-0.25, -0.2) is 9.13 Å². The molecule has 0 spiro atoms. The average Bonchev–Trinajstić information content (AvgIpc) is 3.67. The van der Waals surface area contributed by atoms with Crippen molar-refractivity contribution < 1.29 is 80.2 Å². The predicted molar refractivity (Wildman–Crippen MR) is 358 cm³/mol. The Hall–Kier alpha value is -1.94. The third-order valence-electron chi connectivity index (χ3n) is 16.5. The molecule has 0 aromatic rings. The molecule has 0 bridgehead atoms. The standard InChI is InChI=1S/C70H136O17P2/c1-8-10-11-12-13-29-37-44-51-67(72)80-58-66(87-70(75)54-47-40-33-32-36-43-50-63(7)9-2)60-85-89(78,79)83-56-64(71)55-82-88(76,77)84-59-65(57-81-68(73)52-45-38-30-25-21-18-17-20-24-28-35-42-49-62(5)6)86-69(74)53-46-39-31-26-22-16-14-15-19-23-27-34-41-48-61(3)4/h61-66,71H,8-60H2,1-7H3,(H,76,77)(H,78,79)/t63?,64-,65-,66-/m1/s1. The van der Waals surface area contributed by atoms with Gasteiger partial charge in [-0.3, -0.25) is 37.3 Å². The summed E-state index contributed by atoms with van der Waals surface area (Å²) in [4.78, 5) is 72.4. The number of carbonyl (C=O) groups is 4. The Bertz CT molecular complexity index is 1750. The fourth-order valence-electron chi connectivity index (χ4n) is 10.5. The minimum atomic E-state index is -4.95. The number of aliphatic hydroxyl groups excluding tert-OH is 1. The van der Waals surface area contributed by atoms with Crippen LogP contribution in [0.3, 0.4) is 0 Å². The lowest BCUT2D eigenvalue weighted by Gasteiger charge is -2.21. The van der Waals surface area contributed by atoms with Crippen LogP contribution in [0.5, 0.6) is 0 Å². The summed E-state index contributed by atoms with van der Waals surface area (Å²) in [6.07, 6.45) is 44.5. The van der Waals surface area contributed by atoms with Crippen LogP contribution in [0.15, 0.2) is 0 Å². The monoisotopic (exact) mass is 1310 g/mol. The summed E-state index contributed by atoms with van der Waals surface area (Å²) >= 11 is 0. The molecular weight excluding hydrogens is 1170 g/mol. The Morgan fingerprint density at radius 2 is 0.573 bits per heavy atom. The zero-order chi connectivity index (χ0) is 65.9. The largest absolute Gasteiger partial charge is 0.472 e. The summed E-state index contributed by atoms with van der Waals surface area (Å²) in [5.74, 6) is 0.158. The highest BCUT2D eigenvalue weighted by Crippen LogP contribution is 2.45. The zero-order valence-corrected chi connectivity index (χ0v) is 59.7. The SMILES string of the molecule is CCCCCCCCCCC(=O)OC[C@H](COP(=O)(O)OC[C@H](O)COP(=O)(O)OC[C@@H](COC(=O)CCCCCCCCCCCCCCC(C)C)OC(=O)CCCCCCCCCCCCCCCC(C)C)OC(=O)CCCCCCCCC(C)CC. The summed E-state index contributed by atoms with van der Waals surface area (Å²) < 4.78 is 68.2. The van der Waals surface area contributed by atoms with Crippen molar-refractivity contribution in [2.75, 3.05) is 39.6 Å². The van der Waals surface area contributed by atoms with E-state index in [0.717, 1.165) is 114 Å². The minimum Gasteiger partial charge on any atom is -0.462 e. The average molecular weight is 1310 g/mol. The Balaban J connectivity index is 5.23. The lowest BCUT2D eigenvalue weighted by Crippen LogP contribution is -2.30. The van der Waals surface area contributed by atoms with Gasteiger partial charge in [0.25, 0.3) is 0 Å². The number of phosphoric acid groups is 2. The van der Waals surface area contributed by atoms with Crippen molar-refractivity contribution in [3.05, 3.63) is 0 Å². The van der Waals surface area contributed by atoms with Crippen molar-refractivity contribution in [1.82, 2.24) is 0 Å². The molecule has 0 aliphatic heterocycles. The van der Waals surface area contributed by atoms with E-state index < -0.39 is 97.5 Å². The highest BCUT2D eigenvalue weighted by Gasteiger charge is 2.30. The highest BCUT2D eigenvalue weighted by atomic mass is 31.2. The van der Waals surface area contributed by atoms with E-state index in [-0.39, 0.29) is 25.7 Å². The summed E-state index contributed by atoms with van der Waals surface area (Å²) in [6, 6.07) is 0. The molecule has 3 unspecified atom stereocenters. The topological polar surface area (TPSA) is 237 Å². The van der Waals surface area contributed by atoms with Crippen LogP contribution in [-0.4, -0.2) is 96.7 Å². The van der Waals surface area contributed by atoms with Crippen molar-refractivity contribution in [3.63, 3.8) is 0 Å². The molecule has 3 N–H and O–H groups in total. The van der Waals surface area contributed by atoms with Gasteiger partial charge in [0, 0.05) is 25.7 Å². The molecule has 0 saturated heterocycles. The summed E-state index contributed by atoms with van der Waals surface area (Å²) in [7, 11) is -9.90. The van der Waals surface area contributed by atoms with Gasteiger partial charge < -0.3 is 33.8 Å². The van der Waals surface area contributed by atoms with E-state index in [4.69, 9.17) is 37.0 Å². The van der Waals surface area contributed by atoms with Crippen LogP contribution in [-0.2, 0) is 65.4 Å². The van der Waals surface area contributed by atoms with E-state index >= 15 is 0 Å². The molecule has 0 aromatic carbocycles. The van der Waals surface area contributed by atoms with Crippen LogP contribution < -0.4 is 0 Å². The van der Waals surface area contributed by atoms with Gasteiger partial charge in [0.2, 0.25) is 0 Å². The minimum absolute atomic E-state index is 0.103. The molecule has 0 radical (unpaired) electrons. The number of unbranched alkanes of at least 4 members (excludes halogenated alkanes) is 35. The maximum Gasteiger partial charge on any atom is 0.472 e. The van der Waals surface area contributed by atoms with E-state index in [9.17, 15) is 43.2 Å². The number of aliphatic hydroxyl groups is 1. The van der Waals surface area contributed by atoms with E-state index in [1.54, 1.807) is 0 Å². The second-order valence-electron chi connectivity index (χ2n) is 26.5. The lowest BCUT2D eigenvalue weighted by atomic mass is 10.00. The normalized spacial score (nSPS) is 14.5. The second kappa shape index (κ2) is 61.0. The molecule has 0 rings (SSSR count). The van der Waals surface area contributed by atoms with Crippen LogP contribution in [0.2, 0.25) is 0 Å². The second-order valence-corrected chi connectivity index (χ2v) is 29.4. The van der Waals surface area contributed by atoms with Gasteiger partial charge in [-0.1, -0.05) is 299 Å². The Morgan fingerprint density at radius 1 is 0.326 bits per heavy atom. The lowest BCUT2D eigenvalue weighted by molar-refractivity contribution is -0.161. The van der Waals surface area contributed by atoms with Crippen LogP contribution in [0.4, 0.5) is 0 Å². The van der Waals surface area contributed by atoms with Crippen LogP contribution in [0.25, 0.3) is 0 Å². The molecule has 89 heavy (non-hydrogen) atoms. The number of hydrogen-bond donors (Lipinski definition) is 3. The first-order valence-corrected chi connectivity index (χ1v) is 39.4. The Labute approximate surface area is 543 Å². The zero-order valence-electron chi connectivity index (χ0n) is 57.9. The molecule has 0 aromatic heterocycles. The third kappa shape index (κ3) is 63.2. The van der Waals surface area contributed by atoms with Crippen LogP contribution in [0.1, 0.15) is 350 Å². The number of rotatable bonds is 68. The summed E-state index contributed by atoms with van der Waals surface area (Å²) in [6.45, 7) is 11.8. The fourth-order valence-corrected chi connectivity index (χ4v) is 12.1. The molecule has 528 valence electrons. The quantitative estimate of drug-likeness (QED) is 0.0222. The number of phosphoric ester groups is 2. The van der Waals surface area contributed by atoms with Crippen LogP contribution in [0, 0.1) is 17.8 Å². The molecule has 6 atom stereocenters. The molecule has 0 amide bonds. The summed E-state index contributed by atoms with van der Waals surface area (Å²) in [5.41, 5.74) is 0. The molecule has 0 fully saturated rings. The van der Waals surface area contributed by atoms with Gasteiger partial charge in [0.1, 0.15) is 19.3 Å². The molecule has 0 aliphatic carbocycles. The summed E-state index contributed by atoms with van der Waals surface area (Å²) in [5, 5.41) is 10.6. The van der Waals surface area contributed by atoms with Gasteiger partial charge >= 0.3 is 39.5 Å². The fraction of sp³-hybridized carbons (Fsp3) is 0.943. The van der Waals surface area contributed by atoms with E-state index in [1.807, 2.05) is 0 Å². The first kappa shape index (κ1) is 87.1. The number of esters is 4.